The van der Waals surface area contributed by atoms with Crippen LogP contribution in [0.1, 0.15) is 30.8 Å². The van der Waals surface area contributed by atoms with Crippen LogP contribution < -0.4 is 10.6 Å². The van der Waals surface area contributed by atoms with Gasteiger partial charge in [0.25, 0.3) is 0 Å². The van der Waals surface area contributed by atoms with E-state index in [1.165, 1.54) is 11.1 Å². The van der Waals surface area contributed by atoms with Gasteiger partial charge in [0.2, 0.25) is 0 Å². The lowest BCUT2D eigenvalue weighted by Gasteiger charge is -2.12. The molecule has 0 saturated heterocycles. The smallest absolute Gasteiger partial charge is 0.191 e. The second-order valence-electron chi connectivity index (χ2n) is 5.41. The molecule has 6 heteroatoms. The molecule has 0 unspecified atom stereocenters. The van der Waals surface area contributed by atoms with Crippen LogP contribution in [-0.2, 0) is 19.5 Å². The zero-order valence-electron chi connectivity index (χ0n) is 14.2. The van der Waals surface area contributed by atoms with E-state index in [2.05, 4.69) is 75.4 Å². The van der Waals surface area contributed by atoms with Gasteiger partial charge in [-0.15, -0.1) is 10.2 Å². The average Bonchev–Trinajstić information content (AvgIpc) is 3.00. The van der Waals surface area contributed by atoms with Crippen LogP contribution in [0.3, 0.4) is 0 Å². The first-order valence-corrected chi connectivity index (χ1v) is 8.17. The van der Waals surface area contributed by atoms with Gasteiger partial charge in [-0.25, -0.2) is 4.99 Å². The minimum absolute atomic E-state index is 0.670. The minimum Gasteiger partial charge on any atom is -0.357 e. The van der Waals surface area contributed by atoms with Crippen LogP contribution in [0.15, 0.2) is 35.6 Å². The van der Waals surface area contributed by atoms with E-state index in [4.69, 9.17) is 0 Å². The third-order valence-electron chi connectivity index (χ3n) is 3.50. The SMILES string of the molecule is CCNC(=NCc1cccc(C)c1)NCCn1cnnc1CC. The summed E-state index contributed by atoms with van der Waals surface area (Å²) in [5.41, 5.74) is 2.48. The summed E-state index contributed by atoms with van der Waals surface area (Å²) in [4.78, 5) is 4.64. The predicted molar refractivity (Wildman–Crippen MR) is 93.4 cm³/mol. The summed E-state index contributed by atoms with van der Waals surface area (Å²) < 4.78 is 2.07. The first kappa shape index (κ1) is 17.0. The van der Waals surface area contributed by atoms with E-state index in [1.54, 1.807) is 6.33 Å². The highest BCUT2D eigenvalue weighted by Crippen LogP contribution is 2.05. The third-order valence-corrected chi connectivity index (χ3v) is 3.50. The van der Waals surface area contributed by atoms with Crippen LogP contribution in [-0.4, -0.2) is 33.8 Å². The fourth-order valence-corrected chi connectivity index (χ4v) is 2.36. The number of hydrogen-bond acceptors (Lipinski definition) is 3. The fourth-order valence-electron chi connectivity index (χ4n) is 2.36. The predicted octanol–water partition coefficient (Wildman–Crippen LogP) is 1.90. The van der Waals surface area contributed by atoms with Gasteiger partial charge >= 0.3 is 0 Å². The van der Waals surface area contributed by atoms with Gasteiger partial charge in [-0.05, 0) is 19.4 Å². The van der Waals surface area contributed by atoms with Crippen molar-refractivity contribution in [3.05, 3.63) is 47.5 Å². The van der Waals surface area contributed by atoms with E-state index >= 15 is 0 Å². The Morgan fingerprint density at radius 1 is 1.26 bits per heavy atom. The van der Waals surface area contributed by atoms with Gasteiger partial charge in [-0.2, -0.15) is 0 Å². The molecule has 0 bridgehead atoms. The highest BCUT2D eigenvalue weighted by Gasteiger charge is 2.02. The highest BCUT2D eigenvalue weighted by molar-refractivity contribution is 5.79. The number of nitrogens with one attached hydrogen (secondary N) is 2. The summed E-state index contributed by atoms with van der Waals surface area (Å²) in [6.07, 6.45) is 2.67. The Morgan fingerprint density at radius 3 is 2.87 bits per heavy atom. The molecule has 0 atom stereocenters. The van der Waals surface area contributed by atoms with Crippen molar-refractivity contribution in [1.29, 1.82) is 0 Å². The number of rotatable bonds is 7. The molecule has 0 spiro atoms. The lowest BCUT2D eigenvalue weighted by atomic mass is 10.1. The van der Waals surface area contributed by atoms with Crippen molar-refractivity contribution in [2.45, 2.75) is 40.3 Å². The Balaban J connectivity index is 1.89. The van der Waals surface area contributed by atoms with Crippen molar-refractivity contribution in [1.82, 2.24) is 25.4 Å². The molecule has 6 nitrogen and oxygen atoms in total. The van der Waals surface area contributed by atoms with Crippen LogP contribution in [0, 0.1) is 6.92 Å². The van der Waals surface area contributed by atoms with Crippen LogP contribution in [0.5, 0.6) is 0 Å². The number of aryl methyl sites for hydroxylation is 2. The first-order chi connectivity index (χ1) is 11.2. The van der Waals surface area contributed by atoms with Gasteiger partial charge in [0.1, 0.15) is 12.2 Å². The van der Waals surface area contributed by atoms with Gasteiger partial charge in [-0.1, -0.05) is 36.8 Å². The van der Waals surface area contributed by atoms with Crippen LogP contribution >= 0.6 is 0 Å². The maximum atomic E-state index is 4.64. The van der Waals surface area contributed by atoms with E-state index in [1.807, 2.05) is 0 Å². The summed E-state index contributed by atoms with van der Waals surface area (Å²) >= 11 is 0. The van der Waals surface area contributed by atoms with E-state index in [0.29, 0.717) is 6.54 Å². The molecular weight excluding hydrogens is 288 g/mol. The number of nitrogens with zero attached hydrogens (tertiary/aromatic N) is 4. The quantitative estimate of drug-likeness (QED) is 0.605. The van der Waals surface area contributed by atoms with Crippen LogP contribution in [0.4, 0.5) is 0 Å². The van der Waals surface area contributed by atoms with Crippen molar-refractivity contribution in [3.8, 4) is 0 Å². The molecule has 0 radical (unpaired) electrons. The number of aromatic nitrogens is 3. The van der Waals surface area contributed by atoms with E-state index in [-0.39, 0.29) is 0 Å². The van der Waals surface area contributed by atoms with Gasteiger partial charge in [0.15, 0.2) is 5.96 Å². The van der Waals surface area contributed by atoms with E-state index in [9.17, 15) is 0 Å². The molecule has 0 amide bonds. The normalized spacial score (nSPS) is 11.5. The van der Waals surface area contributed by atoms with Crippen molar-refractivity contribution < 1.29 is 0 Å². The van der Waals surface area contributed by atoms with Crippen molar-refractivity contribution >= 4 is 5.96 Å². The molecule has 1 aromatic carbocycles. The summed E-state index contributed by atoms with van der Waals surface area (Å²) in [5, 5.41) is 14.7. The molecular formula is C17H26N6. The average molecular weight is 314 g/mol. The Kier molecular flexibility index (Phi) is 6.59. The molecule has 23 heavy (non-hydrogen) atoms. The summed E-state index contributed by atoms with van der Waals surface area (Å²) in [5.74, 6) is 1.84. The Morgan fingerprint density at radius 2 is 2.13 bits per heavy atom. The Bertz CT molecular complexity index is 632. The number of guanidine groups is 1. The standard InChI is InChI=1S/C17H26N6/c1-4-16-22-21-13-23(16)10-9-19-17(18-5-2)20-12-15-8-6-7-14(3)11-15/h6-8,11,13H,4-5,9-10,12H2,1-3H3,(H2,18,19,20). The molecule has 124 valence electrons. The fraction of sp³-hybridized carbons (Fsp3) is 0.471. The van der Waals surface area contributed by atoms with Crippen LogP contribution in [0.2, 0.25) is 0 Å². The Hall–Kier alpha value is -2.37. The monoisotopic (exact) mass is 314 g/mol. The zero-order valence-corrected chi connectivity index (χ0v) is 14.2. The lowest BCUT2D eigenvalue weighted by molar-refractivity contribution is 0.632. The highest BCUT2D eigenvalue weighted by atomic mass is 15.3. The van der Waals surface area contributed by atoms with Crippen molar-refractivity contribution in [2.75, 3.05) is 13.1 Å². The van der Waals surface area contributed by atoms with Crippen molar-refractivity contribution in [3.63, 3.8) is 0 Å². The zero-order chi connectivity index (χ0) is 16.5. The Labute approximate surface area is 138 Å². The van der Waals surface area contributed by atoms with Crippen LogP contribution in [0.25, 0.3) is 0 Å². The maximum Gasteiger partial charge on any atom is 0.191 e. The van der Waals surface area contributed by atoms with Gasteiger partial charge in [-0.3, -0.25) is 0 Å². The van der Waals surface area contributed by atoms with E-state index in [0.717, 1.165) is 37.8 Å². The van der Waals surface area contributed by atoms with Gasteiger partial charge in [0.05, 0.1) is 6.54 Å². The molecule has 2 aromatic rings. The summed E-state index contributed by atoms with van der Waals surface area (Å²) in [6, 6.07) is 8.43. The second-order valence-corrected chi connectivity index (χ2v) is 5.41. The van der Waals surface area contributed by atoms with Crippen molar-refractivity contribution in [2.24, 2.45) is 4.99 Å². The molecule has 0 saturated carbocycles. The molecule has 1 aromatic heterocycles. The molecule has 0 aliphatic carbocycles. The molecule has 1 heterocycles. The minimum atomic E-state index is 0.670. The molecule has 2 rings (SSSR count). The molecule has 0 aliphatic rings. The van der Waals surface area contributed by atoms with Gasteiger partial charge in [0, 0.05) is 26.1 Å². The summed E-state index contributed by atoms with van der Waals surface area (Å²) in [6.45, 7) is 9.37. The number of hydrogen-bond donors (Lipinski definition) is 2. The largest absolute Gasteiger partial charge is 0.357 e. The number of benzene rings is 1. The third kappa shape index (κ3) is 5.39. The molecule has 0 aliphatic heterocycles. The van der Waals surface area contributed by atoms with E-state index < -0.39 is 0 Å². The first-order valence-electron chi connectivity index (χ1n) is 8.17. The maximum absolute atomic E-state index is 4.64. The summed E-state index contributed by atoms with van der Waals surface area (Å²) in [7, 11) is 0. The topological polar surface area (TPSA) is 67.1 Å². The second kappa shape index (κ2) is 8.92. The van der Waals surface area contributed by atoms with Gasteiger partial charge < -0.3 is 15.2 Å². The molecule has 2 N–H and O–H groups in total. The number of aliphatic imine (C=N–C) groups is 1. The lowest BCUT2D eigenvalue weighted by Crippen LogP contribution is -2.38. The molecule has 0 fully saturated rings.